The summed E-state index contributed by atoms with van der Waals surface area (Å²) in [5.41, 5.74) is 2.71. The Morgan fingerprint density at radius 2 is 1.31 bits per heavy atom. The maximum absolute atomic E-state index is 13.8. The van der Waals surface area contributed by atoms with Gasteiger partial charge in [0.1, 0.15) is 24.1 Å². The van der Waals surface area contributed by atoms with Crippen molar-refractivity contribution in [1.82, 2.24) is 4.58 Å². The molecule has 58 heavy (non-hydrogen) atoms. The van der Waals surface area contributed by atoms with E-state index < -0.39 is 56.3 Å². The number of aryl methyl sites for hydroxylation is 2. The summed E-state index contributed by atoms with van der Waals surface area (Å²) < 4.78 is 151. The molecule has 2 atom stereocenters. The van der Waals surface area contributed by atoms with E-state index >= 15 is 0 Å². The van der Waals surface area contributed by atoms with Crippen molar-refractivity contribution in [3.8, 4) is 11.5 Å². The molecule has 0 saturated carbocycles. The van der Waals surface area contributed by atoms with Gasteiger partial charge >= 0.3 is 12.4 Å². The van der Waals surface area contributed by atoms with Gasteiger partial charge in [-0.3, -0.25) is 8.37 Å². The van der Waals surface area contributed by atoms with Crippen molar-refractivity contribution in [3.63, 3.8) is 0 Å². The Labute approximate surface area is 331 Å². The first-order chi connectivity index (χ1) is 27.5. The number of halogens is 6. The zero-order chi connectivity index (χ0) is 41.3. The van der Waals surface area contributed by atoms with E-state index in [9.17, 15) is 43.2 Å². The SMILES string of the molecule is O=S(=O)(CCCN1CCCc2cc3c(cc21)Oc1cc2c(cc1=N3)CCC[N+]=2CCCS(=O)(=O)OC(c1ccccc1)C(F)(F)F)OC(c1ccccc1)C(F)(F)F. The number of anilines is 1. The molecular weight excluding hydrogens is 813 g/mol. The summed E-state index contributed by atoms with van der Waals surface area (Å²) in [5.74, 6) is -0.337. The van der Waals surface area contributed by atoms with Crippen molar-refractivity contribution in [2.24, 2.45) is 4.99 Å². The Kier molecular flexibility index (Phi) is 11.9. The molecule has 0 bridgehead atoms. The van der Waals surface area contributed by atoms with Crippen LogP contribution in [0.4, 0.5) is 37.7 Å². The maximum Gasteiger partial charge on any atom is 0.420 e. The molecule has 2 unspecified atom stereocenters. The zero-order valence-corrected chi connectivity index (χ0v) is 32.6. The van der Waals surface area contributed by atoms with E-state index in [1.165, 1.54) is 36.4 Å². The summed E-state index contributed by atoms with van der Waals surface area (Å²) in [4.78, 5) is 6.84. The highest BCUT2D eigenvalue weighted by molar-refractivity contribution is 7.86. The molecule has 0 aliphatic carbocycles. The first-order valence-corrected chi connectivity index (χ1v) is 21.9. The van der Waals surface area contributed by atoms with E-state index in [2.05, 4.69) is 0 Å². The fraction of sp³-hybridized carbons (Fsp3) is 0.400. The highest BCUT2D eigenvalue weighted by Gasteiger charge is 2.46. The average Bonchev–Trinajstić information content (AvgIpc) is 3.17. The quantitative estimate of drug-likeness (QED) is 0.0667. The zero-order valence-electron chi connectivity index (χ0n) is 31.0. The Balaban J connectivity index is 1.04. The lowest BCUT2D eigenvalue weighted by Crippen LogP contribution is -2.40. The second-order valence-electron chi connectivity index (χ2n) is 14.4. The van der Waals surface area contributed by atoms with E-state index in [4.69, 9.17) is 18.1 Å². The van der Waals surface area contributed by atoms with E-state index in [-0.39, 0.29) is 37.1 Å². The van der Waals surface area contributed by atoms with Crippen molar-refractivity contribution < 1.29 is 56.3 Å². The molecule has 3 aliphatic heterocycles. The normalized spacial score (nSPS) is 16.6. The summed E-state index contributed by atoms with van der Waals surface area (Å²) in [7, 11) is -9.10. The van der Waals surface area contributed by atoms with Gasteiger partial charge in [-0.2, -0.15) is 43.2 Å². The third-order valence-electron chi connectivity index (χ3n) is 10.1. The van der Waals surface area contributed by atoms with Gasteiger partial charge < -0.3 is 9.64 Å². The summed E-state index contributed by atoms with van der Waals surface area (Å²) in [5, 5.41) is 1.40. The standard InChI is InChI=1S/C40H40F6N3O7S2/c41-39(42,43)37(27-11-3-1-4-12-27)55-57(50,51)21-9-19-48-17-7-15-29-23-31-35(25-33(29)48)54-36-26-34-30(24-32(36)47-31)16-8-18-49(34)20-10-22-58(52,53)56-38(40(44,45)46)28-13-5-2-6-14-28/h1-6,11-14,23-26,37-38H,7-10,15-22H2/q+1. The van der Waals surface area contributed by atoms with Gasteiger partial charge in [0.05, 0.1) is 17.6 Å². The van der Waals surface area contributed by atoms with Crippen LogP contribution in [0.2, 0.25) is 0 Å². The maximum atomic E-state index is 13.8. The molecule has 0 amide bonds. The molecule has 3 aliphatic rings. The van der Waals surface area contributed by atoms with E-state index in [0.29, 0.717) is 35.6 Å². The number of rotatable bonds is 14. The average molecular weight is 853 g/mol. The van der Waals surface area contributed by atoms with Crippen LogP contribution in [-0.4, -0.2) is 66.9 Å². The van der Waals surface area contributed by atoms with Crippen molar-refractivity contribution in [2.75, 3.05) is 42.6 Å². The summed E-state index contributed by atoms with van der Waals surface area (Å²) >= 11 is 0. The van der Waals surface area contributed by atoms with Gasteiger partial charge in [-0.25, -0.2) is 9.57 Å². The first kappa shape index (κ1) is 41.6. The van der Waals surface area contributed by atoms with Crippen LogP contribution in [0.15, 0.2) is 89.9 Å². The molecule has 0 N–H and O–H groups in total. The lowest BCUT2D eigenvalue weighted by Gasteiger charge is -2.32. The van der Waals surface area contributed by atoms with E-state index in [1.54, 1.807) is 0 Å². The molecule has 0 spiro atoms. The minimum Gasteiger partial charge on any atom is -0.452 e. The van der Waals surface area contributed by atoms with Gasteiger partial charge in [-0.1, -0.05) is 60.7 Å². The third-order valence-corrected chi connectivity index (χ3v) is 12.7. The lowest BCUT2D eigenvalue weighted by atomic mass is 9.99. The van der Waals surface area contributed by atoms with Crippen LogP contribution in [0, 0.1) is 0 Å². The lowest BCUT2D eigenvalue weighted by molar-refractivity contribution is -0.197. The summed E-state index contributed by atoms with van der Waals surface area (Å²) in [6.45, 7) is 1.64. The van der Waals surface area contributed by atoms with Crippen LogP contribution in [0.3, 0.4) is 0 Å². The van der Waals surface area contributed by atoms with Gasteiger partial charge in [-0.15, -0.1) is 0 Å². The van der Waals surface area contributed by atoms with Crippen molar-refractivity contribution >= 4 is 31.6 Å². The smallest absolute Gasteiger partial charge is 0.420 e. The number of hydrogen-bond acceptors (Lipinski definition) is 9. The number of nitrogens with zero attached hydrogens (tertiary/aromatic N) is 3. The van der Waals surface area contributed by atoms with Gasteiger partial charge in [0.2, 0.25) is 5.36 Å². The molecule has 310 valence electrons. The monoisotopic (exact) mass is 852 g/mol. The number of alkyl halides is 6. The van der Waals surface area contributed by atoms with E-state index in [1.807, 2.05) is 33.7 Å². The molecule has 3 heterocycles. The summed E-state index contributed by atoms with van der Waals surface area (Å²) in [6, 6.07) is 20.7. The van der Waals surface area contributed by atoms with Crippen molar-refractivity contribution in [2.45, 2.75) is 63.1 Å². The molecule has 10 nitrogen and oxygen atoms in total. The van der Waals surface area contributed by atoms with Crippen LogP contribution in [0.5, 0.6) is 11.5 Å². The van der Waals surface area contributed by atoms with Crippen LogP contribution >= 0.6 is 0 Å². The Morgan fingerprint density at radius 3 is 1.91 bits per heavy atom. The second-order valence-corrected chi connectivity index (χ2v) is 17.8. The molecule has 18 heteroatoms. The predicted octanol–water partition coefficient (Wildman–Crippen LogP) is 7.01. The van der Waals surface area contributed by atoms with Gasteiger partial charge in [0.15, 0.2) is 23.7 Å². The molecular formula is C40H40F6N3O7S2+. The van der Waals surface area contributed by atoms with E-state index in [0.717, 1.165) is 72.1 Å². The second kappa shape index (κ2) is 16.6. The van der Waals surface area contributed by atoms with Gasteiger partial charge in [-0.05, 0) is 54.5 Å². The van der Waals surface area contributed by atoms with Gasteiger partial charge in [0.25, 0.3) is 20.2 Å². The van der Waals surface area contributed by atoms with Crippen LogP contribution in [-0.2, 0) is 41.4 Å². The minimum absolute atomic E-state index is 0.0115. The van der Waals surface area contributed by atoms with Crippen LogP contribution < -0.4 is 24.9 Å². The third kappa shape index (κ3) is 9.84. The highest BCUT2D eigenvalue weighted by Crippen LogP contribution is 2.42. The molecule has 0 aromatic heterocycles. The Morgan fingerprint density at radius 1 is 0.724 bits per heavy atom. The number of ether oxygens (including phenoxy) is 1. The number of fused-ring (bicyclic) bond motifs is 4. The van der Waals surface area contributed by atoms with Crippen LogP contribution in [0.25, 0.3) is 0 Å². The Hall–Kier alpha value is -4.52. The molecule has 0 saturated heterocycles. The molecule has 0 fully saturated rings. The molecule has 4 aromatic rings. The molecule has 0 radical (unpaired) electrons. The Bertz CT molecular complexity index is 2490. The minimum atomic E-state index is -4.94. The highest BCUT2D eigenvalue weighted by atomic mass is 32.2. The topological polar surface area (TPSA) is 115 Å². The fourth-order valence-corrected chi connectivity index (χ4v) is 9.70. The fourth-order valence-electron chi connectivity index (χ4n) is 7.51. The van der Waals surface area contributed by atoms with Gasteiger partial charge in [0, 0.05) is 43.2 Å². The number of hydrogen-bond donors (Lipinski definition) is 0. The van der Waals surface area contributed by atoms with Crippen molar-refractivity contribution in [3.05, 3.63) is 118 Å². The molecule has 7 rings (SSSR count). The van der Waals surface area contributed by atoms with Crippen molar-refractivity contribution in [1.29, 1.82) is 0 Å². The molecule has 4 aromatic carbocycles. The number of benzene rings is 4. The first-order valence-electron chi connectivity index (χ1n) is 18.7. The van der Waals surface area contributed by atoms with Crippen LogP contribution in [0.1, 0.15) is 60.1 Å². The summed E-state index contributed by atoms with van der Waals surface area (Å²) in [6.07, 6.45) is -12.1. The predicted molar refractivity (Wildman–Crippen MR) is 203 cm³/mol. The largest absolute Gasteiger partial charge is 0.452 e.